The van der Waals surface area contributed by atoms with Gasteiger partial charge in [0.05, 0.1) is 19.8 Å². The van der Waals surface area contributed by atoms with Crippen molar-refractivity contribution in [1.82, 2.24) is 0 Å². The van der Waals surface area contributed by atoms with Gasteiger partial charge in [0.25, 0.3) is 0 Å². The number of aliphatic hydroxyl groups is 1. The summed E-state index contributed by atoms with van der Waals surface area (Å²) < 4.78 is 11.2. The largest absolute Gasteiger partial charge is 0.396 e. The maximum absolute atomic E-state index is 9.45. The zero-order chi connectivity index (χ0) is 11.4. The molecule has 0 aliphatic carbocycles. The zero-order valence-electron chi connectivity index (χ0n) is 9.56. The van der Waals surface area contributed by atoms with Crippen LogP contribution < -0.4 is 0 Å². The van der Waals surface area contributed by atoms with Gasteiger partial charge in [-0.3, -0.25) is 0 Å². The SMILES string of the molecule is CC1(C(CO)Cc2ccccc2)OCCO1. The van der Waals surface area contributed by atoms with Gasteiger partial charge in [-0.2, -0.15) is 0 Å². The standard InChI is InChI=1S/C13H18O3/c1-13(15-7-8-16-13)12(10-14)9-11-5-3-2-4-6-11/h2-6,12,14H,7-10H2,1H3. The van der Waals surface area contributed by atoms with Crippen molar-refractivity contribution >= 4 is 0 Å². The van der Waals surface area contributed by atoms with Crippen LogP contribution in [0.3, 0.4) is 0 Å². The molecule has 1 heterocycles. The molecule has 3 heteroatoms. The van der Waals surface area contributed by atoms with E-state index in [0.717, 1.165) is 6.42 Å². The van der Waals surface area contributed by atoms with Gasteiger partial charge in [0.2, 0.25) is 0 Å². The second-order valence-corrected chi connectivity index (χ2v) is 4.28. The van der Waals surface area contributed by atoms with Gasteiger partial charge in [0, 0.05) is 5.92 Å². The van der Waals surface area contributed by atoms with Gasteiger partial charge in [-0.05, 0) is 18.9 Å². The molecular weight excluding hydrogens is 204 g/mol. The quantitative estimate of drug-likeness (QED) is 0.841. The van der Waals surface area contributed by atoms with Crippen molar-refractivity contribution in [3.8, 4) is 0 Å². The molecule has 1 saturated heterocycles. The Bertz CT molecular complexity index is 317. The highest BCUT2D eigenvalue weighted by Crippen LogP contribution is 2.30. The van der Waals surface area contributed by atoms with Crippen LogP contribution in [0, 0.1) is 5.92 Å². The van der Waals surface area contributed by atoms with Crippen LogP contribution >= 0.6 is 0 Å². The lowest BCUT2D eigenvalue weighted by atomic mass is 9.93. The maximum Gasteiger partial charge on any atom is 0.171 e. The van der Waals surface area contributed by atoms with E-state index in [4.69, 9.17) is 9.47 Å². The van der Waals surface area contributed by atoms with E-state index in [0.29, 0.717) is 13.2 Å². The second-order valence-electron chi connectivity index (χ2n) is 4.28. The average Bonchev–Trinajstić information content (AvgIpc) is 2.75. The molecule has 0 bridgehead atoms. The molecule has 0 radical (unpaired) electrons. The fraction of sp³-hybridized carbons (Fsp3) is 0.538. The Hall–Kier alpha value is -0.900. The molecule has 1 N–H and O–H groups in total. The van der Waals surface area contributed by atoms with Crippen molar-refractivity contribution in [3.63, 3.8) is 0 Å². The maximum atomic E-state index is 9.45. The second kappa shape index (κ2) is 4.95. The minimum atomic E-state index is -0.634. The van der Waals surface area contributed by atoms with Crippen molar-refractivity contribution in [2.75, 3.05) is 19.8 Å². The van der Waals surface area contributed by atoms with Crippen molar-refractivity contribution in [1.29, 1.82) is 0 Å². The van der Waals surface area contributed by atoms with E-state index in [1.54, 1.807) is 0 Å². The third-order valence-electron chi connectivity index (χ3n) is 3.15. The van der Waals surface area contributed by atoms with Crippen LogP contribution in [0.15, 0.2) is 30.3 Å². The van der Waals surface area contributed by atoms with Gasteiger partial charge in [0.1, 0.15) is 0 Å². The van der Waals surface area contributed by atoms with Crippen LogP contribution in [-0.2, 0) is 15.9 Å². The highest BCUT2D eigenvalue weighted by Gasteiger charge is 2.39. The van der Waals surface area contributed by atoms with E-state index >= 15 is 0 Å². The van der Waals surface area contributed by atoms with Gasteiger partial charge < -0.3 is 14.6 Å². The third-order valence-corrected chi connectivity index (χ3v) is 3.15. The van der Waals surface area contributed by atoms with E-state index in [1.807, 2.05) is 25.1 Å². The van der Waals surface area contributed by atoms with Crippen LogP contribution in [0.4, 0.5) is 0 Å². The summed E-state index contributed by atoms with van der Waals surface area (Å²) in [5.41, 5.74) is 1.20. The van der Waals surface area contributed by atoms with Crippen LogP contribution in [0.1, 0.15) is 12.5 Å². The fourth-order valence-corrected chi connectivity index (χ4v) is 2.08. The Morgan fingerprint density at radius 1 is 1.25 bits per heavy atom. The molecule has 16 heavy (non-hydrogen) atoms. The van der Waals surface area contributed by atoms with Crippen LogP contribution in [0.5, 0.6) is 0 Å². The van der Waals surface area contributed by atoms with Gasteiger partial charge in [-0.15, -0.1) is 0 Å². The molecule has 1 unspecified atom stereocenters. The summed E-state index contributed by atoms with van der Waals surface area (Å²) in [5.74, 6) is -0.651. The lowest BCUT2D eigenvalue weighted by molar-refractivity contribution is -0.189. The minimum absolute atomic E-state index is 0.0163. The normalized spacial score (nSPS) is 20.9. The number of benzene rings is 1. The summed E-state index contributed by atoms with van der Waals surface area (Å²) in [6.45, 7) is 3.21. The molecule has 88 valence electrons. The number of ether oxygens (including phenoxy) is 2. The highest BCUT2D eigenvalue weighted by molar-refractivity contribution is 5.15. The Kier molecular flexibility index (Phi) is 3.59. The molecule has 1 atom stereocenters. The first-order valence-electron chi connectivity index (χ1n) is 5.67. The van der Waals surface area contributed by atoms with Crippen molar-refractivity contribution in [3.05, 3.63) is 35.9 Å². The molecule has 1 aliphatic heterocycles. The molecule has 0 spiro atoms. The first-order chi connectivity index (χ1) is 7.74. The Morgan fingerprint density at radius 2 is 1.88 bits per heavy atom. The molecular formula is C13H18O3. The minimum Gasteiger partial charge on any atom is -0.396 e. The highest BCUT2D eigenvalue weighted by atomic mass is 16.7. The number of hydrogen-bond donors (Lipinski definition) is 1. The summed E-state index contributed by atoms with van der Waals surface area (Å²) in [5, 5.41) is 9.45. The molecule has 1 aromatic rings. The molecule has 2 rings (SSSR count). The average molecular weight is 222 g/mol. The fourth-order valence-electron chi connectivity index (χ4n) is 2.08. The number of aliphatic hydroxyl groups excluding tert-OH is 1. The third kappa shape index (κ3) is 2.43. The lowest BCUT2D eigenvalue weighted by Crippen LogP contribution is -2.39. The van der Waals surface area contributed by atoms with E-state index < -0.39 is 5.79 Å². The number of rotatable bonds is 4. The molecule has 0 amide bonds. The van der Waals surface area contributed by atoms with Gasteiger partial charge in [-0.25, -0.2) is 0 Å². The van der Waals surface area contributed by atoms with Crippen LogP contribution in [0.2, 0.25) is 0 Å². The Balaban J connectivity index is 2.06. The summed E-state index contributed by atoms with van der Waals surface area (Å²) in [7, 11) is 0. The van der Waals surface area contributed by atoms with Crippen molar-refractivity contribution in [2.45, 2.75) is 19.1 Å². The summed E-state index contributed by atoms with van der Waals surface area (Å²) in [4.78, 5) is 0. The summed E-state index contributed by atoms with van der Waals surface area (Å²) in [6, 6.07) is 10.1. The summed E-state index contributed by atoms with van der Waals surface area (Å²) >= 11 is 0. The van der Waals surface area contributed by atoms with Crippen molar-refractivity contribution in [2.24, 2.45) is 5.92 Å². The molecule has 3 nitrogen and oxygen atoms in total. The Morgan fingerprint density at radius 3 is 2.44 bits per heavy atom. The van der Waals surface area contributed by atoms with Crippen LogP contribution in [0.25, 0.3) is 0 Å². The first kappa shape index (κ1) is 11.6. The molecule has 1 aliphatic rings. The first-order valence-corrected chi connectivity index (χ1v) is 5.67. The van der Waals surface area contributed by atoms with E-state index in [9.17, 15) is 5.11 Å². The van der Waals surface area contributed by atoms with Gasteiger partial charge in [0.15, 0.2) is 5.79 Å². The lowest BCUT2D eigenvalue weighted by Gasteiger charge is -2.31. The molecule has 0 saturated carbocycles. The number of hydrogen-bond acceptors (Lipinski definition) is 3. The zero-order valence-corrected chi connectivity index (χ0v) is 9.56. The van der Waals surface area contributed by atoms with E-state index in [2.05, 4.69) is 12.1 Å². The topological polar surface area (TPSA) is 38.7 Å². The van der Waals surface area contributed by atoms with Gasteiger partial charge in [-0.1, -0.05) is 30.3 Å². The monoisotopic (exact) mass is 222 g/mol. The molecule has 0 aromatic heterocycles. The molecule has 1 aromatic carbocycles. The van der Waals surface area contributed by atoms with E-state index in [-0.39, 0.29) is 12.5 Å². The van der Waals surface area contributed by atoms with Gasteiger partial charge >= 0.3 is 0 Å². The summed E-state index contributed by atoms with van der Waals surface area (Å²) in [6.07, 6.45) is 0.772. The van der Waals surface area contributed by atoms with Crippen LogP contribution in [-0.4, -0.2) is 30.7 Å². The Labute approximate surface area is 96.0 Å². The smallest absolute Gasteiger partial charge is 0.171 e. The predicted molar refractivity (Wildman–Crippen MR) is 61.0 cm³/mol. The predicted octanol–water partition coefficient (Wildman–Crippen LogP) is 1.60. The van der Waals surface area contributed by atoms with E-state index in [1.165, 1.54) is 5.56 Å². The molecule has 1 fully saturated rings. The van der Waals surface area contributed by atoms with Crippen molar-refractivity contribution < 1.29 is 14.6 Å².